The van der Waals surface area contributed by atoms with E-state index in [1.54, 1.807) is 4.68 Å². The second-order valence-electron chi connectivity index (χ2n) is 6.31. The van der Waals surface area contributed by atoms with E-state index < -0.39 is 10.0 Å². The maximum absolute atomic E-state index is 12.3. The second-order valence-corrected chi connectivity index (χ2v) is 8.81. The van der Waals surface area contributed by atoms with Crippen LogP contribution in [-0.4, -0.2) is 40.3 Å². The number of carbonyl (C=O) groups is 1. The van der Waals surface area contributed by atoms with Crippen molar-refractivity contribution >= 4 is 44.2 Å². The summed E-state index contributed by atoms with van der Waals surface area (Å²) in [4.78, 5) is 12.2. The number of sulfonamides is 1. The summed E-state index contributed by atoms with van der Waals surface area (Å²) in [5.74, 6) is -0.207. The number of amides is 1. The number of hydrogen-bond donors (Lipinski definition) is 2. The van der Waals surface area contributed by atoms with Crippen molar-refractivity contribution in [2.24, 2.45) is 5.14 Å². The summed E-state index contributed by atoms with van der Waals surface area (Å²) in [6, 6.07) is 19.4. The number of carbonyl (C=O) groups excluding carboxylic acids is 1. The van der Waals surface area contributed by atoms with Crippen LogP contribution in [0.5, 0.6) is 0 Å². The number of primary sulfonamides is 1. The molecule has 11 heteroatoms. The van der Waals surface area contributed by atoms with Gasteiger partial charge in [0.1, 0.15) is 0 Å². The van der Waals surface area contributed by atoms with Crippen LogP contribution in [0.1, 0.15) is 0 Å². The summed E-state index contributed by atoms with van der Waals surface area (Å²) in [6.07, 6.45) is 0. The van der Waals surface area contributed by atoms with Gasteiger partial charge in [-0.25, -0.2) is 13.6 Å². The topological polar surface area (TPSA) is 133 Å². The van der Waals surface area contributed by atoms with Gasteiger partial charge in [0.05, 0.1) is 16.3 Å². The number of aromatic nitrogens is 4. The zero-order valence-corrected chi connectivity index (χ0v) is 17.1. The Morgan fingerprint density at radius 2 is 1.77 bits per heavy atom. The SMILES string of the molecule is NS(=O)(=O)c1ccc(NC(=O)CSc2nnnn2-c2ccc3ccccc3c2)cc1. The first kappa shape index (κ1) is 20.0. The molecule has 1 amide bonds. The van der Waals surface area contributed by atoms with Crippen molar-refractivity contribution < 1.29 is 13.2 Å². The molecule has 3 N–H and O–H groups in total. The minimum atomic E-state index is -3.77. The summed E-state index contributed by atoms with van der Waals surface area (Å²) >= 11 is 1.19. The van der Waals surface area contributed by atoms with Gasteiger partial charge < -0.3 is 5.32 Å². The van der Waals surface area contributed by atoms with Crippen LogP contribution in [-0.2, 0) is 14.8 Å². The van der Waals surface area contributed by atoms with Crippen molar-refractivity contribution in [1.29, 1.82) is 0 Å². The Morgan fingerprint density at radius 1 is 1.03 bits per heavy atom. The molecule has 0 aliphatic carbocycles. The highest BCUT2D eigenvalue weighted by molar-refractivity contribution is 7.99. The number of rotatable bonds is 6. The van der Waals surface area contributed by atoms with Gasteiger partial charge >= 0.3 is 0 Å². The molecule has 4 rings (SSSR count). The standard InChI is InChI=1S/C19H16N6O3S2/c20-30(27,28)17-9-6-15(7-10-17)21-18(26)12-29-19-22-23-24-25(19)16-8-5-13-3-1-2-4-14(13)11-16/h1-11H,12H2,(H,21,26)(H2,20,27,28). The van der Waals surface area contributed by atoms with Gasteiger partial charge in [0.2, 0.25) is 21.1 Å². The molecule has 0 atom stereocenters. The predicted molar refractivity (Wildman–Crippen MR) is 114 cm³/mol. The van der Waals surface area contributed by atoms with Gasteiger partial charge in [0, 0.05) is 5.69 Å². The molecule has 0 radical (unpaired) electrons. The maximum Gasteiger partial charge on any atom is 0.238 e. The molecule has 0 saturated heterocycles. The normalized spacial score (nSPS) is 11.5. The van der Waals surface area contributed by atoms with Crippen molar-refractivity contribution in [3.05, 3.63) is 66.7 Å². The molecule has 0 fully saturated rings. The highest BCUT2D eigenvalue weighted by Gasteiger charge is 2.13. The average molecular weight is 441 g/mol. The number of thioether (sulfide) groups is 1. The Bertz CT molecular complexity index is 1320. The van der Waals surface area contributed by atoms with Crippen LogP contribution >= 0.6 is 11.8 Å². The minimum absolute atomic E-state index is 0.0237. The average Bonchev–Trinajstić information content (AvgIpc) is 3.20. The van der Waals surface area contributed by atoms with Crippen LogP contribution in [0.25, 0.3) is 16.5 Å². The number of anilines is 1. The van der Waals surface area contributed by atoms with E-state index in [1.807, 2.05) is 42.5 Å². The molecule has 0 bridgehead atoms. The highest BCUT2D eigenvalue weighted by Crippen LogP contribution is 2.22. The van der Waals surface area contributed by atoms with Gasteiger partial charge in [-0.2, -0.15) is 4.68 Å². The smallest absolute Gasteiger partial charge is 0.238 e. The Hall–Kier alpha value is -3.28. The van der Waals surface area contributed by atoms with E-state index in [2.05, 4.69) is 20.8 Å². The summed E-state index contributed by atoms with van der Waals surface area (Å²) in [7, 11) is -3.77. The third-order valence-corrected chi connectivity index (χ3v) is 6.07. The fourth-order valence-corrected chi connectivity index (χ4v) is 4.00. The molecule has 0 aliphatic rings. The van der Waals surface area contributed by atoms with Crippen LogP contribution in [0, 0.1) is 0 Å². The monoisotopic (exact) mass is 440 g/mol. The first-order valence-corrected chi connectivity index (χ1v) is 11.3. The van der Waals surface area contributed by atoms with Gasteiger partial charge in [0.25, 0.3) is 0 Å². The van der Waals surface area contributed by atoms with Gasteiger partial charge in [-0.3, -0.25) is 4.79 Å². The zero-order chi connectivity index (χ0) is 21.1. The number of nitrogens with one attached hydrogen (secondary N) is 1. The Balaban J connectivity index is 1.43. The summed E-state index contributed by atoms with van der Waals surface area (Å²) in [5.41, 5.74) is 1.25. The fourth-order valence-electron chi connectivity index (χ4n) is 2.79. The van der Waals surface area contributed by atoms with Crippen LogP contribution in [0.15, 0.2) is 76.8 Å². The predicted octanol–water partition coefficient (Wildman–Crippen LogP) is 2.19. The van der Waals surface area contributed by atoms with E-state index in [-0.39, 0.29) is 16.6 Å². The Labute approximate surface area is 176 Å². The van der Waals surface area contributed by atoms with Crippen LogP contribution in [0.3, 0.4) is 0 Å². The second kappa shape index (κ2) is 8.22. The van der Waals surface area contributed by atoms with Crippen LogP contribution in [0.2, 0.25) is 0 Å². The lowest BCUT2D eigenvalue weighted by atomic mass is 10.1. The quantitative estimate of drug-likeness (QED) is 0.439. The van der Waals surface area contributed by atoms with E-state index in [1.165, 1.54) is 36.0 Å². The van der Waals surface area contributed by atoms with Crippen molar-refractivity contribution in [3.8, 4) is 5.69 Å². The molecule has 9 nitrogen and oxygen atoms in total. The molecule has 152 valence electrons. The van der Waals surface area contributed by atoms with Crippen molar-refractivity contribution in [2.45, 2.75) is 10.1 Å². The molecule has 4 aromatic rings. The maximum atomic E-state index is 12.3. The van der Waals surface area contributed by atoms with Crippen LogP contribution < -0.4 is 10.5 Å². The Morgan fingerprint density at radius 3 is 2.50 bits per heavy atom. The van der Waals surface area contributed by atoms with E-state index in [0.717, 1.165) is 16.5 Å². The molecule has 0 aliphatic heterocycles. The molecule has 0 saturated carbocycles. The van der Waals surface area contributed by atoms with E-state index in [9.17, 15) is 13.2 Å². The molecule has 30 heavy (non-hydrogen) atoms. The van der Waals surface area contributed by atoms with E-state index >= 15 is 0 Å². The molecule has 0 spiro atoms. The largest absolute Gasteiger partial charge is 0.325 e. The van der Waals surface area contributed by atoms with E-state index in [4.69, 9.17) is 5.14 Å². The number of nitrogens with two attached hydrogens (primary N) is 1. The number of benzene rings is 3. The van der Waals surface area contributed by atoms with E-state index in [0.29, 0.717) is 10.8 Å². The van der Waals surface area contributed by atoms with Crippen molar-refractivity contribution in [3.63, 3.8) is 0 Å². The number of nitrogens with zero attached hydrogens (tertiary/aromatic N) is 4. The third kappa shape index (κ3) is 4.48. The van der Waals surface area contributed by atoms with Crippen LogP contribution in [0.4, 0.5) is 5.69 Å². The number of tetrazole rings is 1. The van der Waals surface area contributed by atoms with Gasteiger partial charge in [-0.1, -0.05) is 42.1 Å². The lowest BCUT2D eigenvalue weighted by Crippen LogP contribution is -2.15. The molecular formula is C19H16N6O3S2. The third-order valence-electron chi connectivity index (χ3n) is 4.22. The lowest BCUT2D eigenvalue weighted by Gasteiger charge is -2.07. The first-order chi connectivity index (χ1) is 14.4. The fraction of sp³-hybridized carbons (Fsp3) is 0.0526. The minimum Gasteiger partial charge on any atom is -0.325 e. The van der Waals surface area contributed by atoms with Gasteiger partial charge in [-0.15, -0.1) is 5.10 Å². The van der Waals surface area contributed by atoms with Gasteiger partial charge in [-0.05, 0) is 57.6 Å². The Kier molecular flexibility index (Phi) is 5.48. The number of fused-ring (bicyclic) bond motifs is 1. The molecule has 1 heterocycles. The zero-order valence-electron chi connectivity index (χ0n) is 15.5. The summed E-state index contributed by atoms with van der Waals surface area (Å²) in [6.45, 7) is 0. The lowest BCUT2D eigenvalue weighted by molar-refractivity contribution is -0.113. The first-order valence-electron chi connectivity index (χ1n) is 8.73. The molecule has 1 aromatic heterocycles. The summed E-state index contributed by atoms with van der Waals surface area (Å²) in [5, 5.41) is 22.1. The number of hydrogen-bond acceptors (Lipinski definition) is 7. The molecular weight excluding hydrogens is 424 g/mol. The van der Waals surface area contributed by atoms with Crippen molar-refractivity contribution in [1.82, 2.24) is 20.2 Å². The molecule has 3 aromatic carbocycles. The molecule has 0 unspecified atom stereocenters. The summed E-state index contributed by atoms with van der Waals surface area (Å²) < 4.78 is 24.1. The van der Waals surface area contributed by atoms with Crippen molar-refractivity contribution in [2.75, 3.05) is 11.1 Å². The van der Waals surface area contributed by atoms with Gasteiger partial charge in [0.15, 0.2) is 0 Å². The highest BCUT2D eigenvalue weighted by atomic mass is 32.2.